The Morgan fingerprint density at radius 3 is 2.47 bits per heavy atom. The van der Waals surface area contributed by atoms with E-state index in [1.165, 1.54) is 39.2 Å². The molecule has 0 spiro atoms. The van der Waals surface area contributed by atoms with Gasteiger partial charge in [0.2, 0.25) is 11.4 Å². The van der Waals surface area contributed by atoms with Gasteiger partial charge in [-0.1, -0.05) is 61.2 Å². The maximum atomic E-state index is 6.32. The lowest BCUT2D eigenvalue weighted by Gasteiger charge is -2.31. The predicted octanol–water partition coefficient (Wildman–Crippen LogP) is 7.34. The van der Waals surface area contributed by atoms with Gasteiger partial charge in [-0.3, -0.25) is 0 Å². The Bertz CT molecular complexity index is 1900. The molecule has 0 saturated heterocycles. The van der Waals surface area contributed by atoms with Crippen molar-refractivity contribution in [2.45, 2.75) is 31.3 Å². The maximum Gasteiger partial charge on any atom is 0.216 e. The number of hydrogen-bond donors (Lipinski definition) is 0. The van der Waals surface area contributed by atoms with E-state index in [2.05, 4.69) is 113 Å². The molecule has 0 amide bonds. The number of hydrogen-bond acceptors (Lipinski definition) is 1. The first kappa shape index (κ1) is 21.6. The Balaban J connectivity index is 1.38. The molecule has 3 nitrogen and oxygen atoms in total. The molecule has 2 aliphatic heterocycles. The minimum Gasteiger partial charge on any atom is -0.456 e. The van der Waals surface area contributed by atoms with Crippen molar-refractivity contribution in [2.75, 3.05) is 0 Å². The second-order valence-corrected chi connectivity index (χ2v) is 10.6. The normalized spacial score (nSPS) is 18.3. The summed E-state index contributed by atoms with van der Waals surface area (Å²) in [7, 11) is 0. The van der Waals surface area contributed by atoms with E-state index in [1.54, 1.807) is 0 Å². The largest absolute Gasteiger partial charge is 0.456 e. The summed E-state index contributed by atoms with van der Waals surface area (Å²) in [5.41, 5.74) is 11.0. The van der Waals surface area contributed by atoms with E-state index in [0.29, 0.717) is 5.92 Å². The molecule has 3 aromatic carbocycles. The van der Waals surface area contributed by atoms with Crippen LogP contribution < -0.4 is 9.13 Å². The van der Waals surface area contributed by atoms with Gasteiger partial charge in [0.25, 0.3) is 0 Å². The van der Waals surface area contributed by atoms with Gasteiger partial charge in [0.15, 0.2) is 25.0 Å². The predicted molar refractivity (Wildman–Crippen MR) is 151 cm³/mol. The molecule has 0 saturated carbocycles. The molecule has 38 heavy (non-hydrogen) atoms. The zero-order valence-corrected chi connectivity index (χ0v) is 21.2. The van der Waals surface area contributed by atoms with E-state index in [0.717, 1.165) is 41.3 Å². The smallest absolute Gasteiger partial charge is 0.216 e. The van der Waals surface area contributed by atoms with Crippen LogP contribution in [0.15, 0.2) is 126 Å². The number of nitrogens with zero attached hydrogens (tertiary/aromatic N) is 2. The first-order chi connectivity index (χ1) is 18.8. The molecule has 8 rings (SSSR count). The third-order valence-electron chi connectivity index (χ3n) is 8.54. The van der Waals surface area contributed by atoms with Gasteiger partial charge < -0.3 is 4.42 Å². The third kappa shape index (κ3) is 3.15. The van der Waals surface area contributed by atoms with Crippen molar-refractivity contribution >= 4 is 21.9 Å². The average molecular weight is 493 g/mol. The van der Waals surface area contributed by atoms with Crippen molar-refractivity contribution in [2.24, 2.45) is 0 Å². The molecule has 3 aromatic heterocycles. The van der Waals surface area contributed by atoms with E-state index in [9.17, 15) is 0 Å². The topological polar surface area (TPSA) is 20.9 Å². The van der Waals surface area contributed by atoms with Crippen LogP contribution in [0, 0.1) is 0 Å². The molecular formula is C35H28N2O+2. The van der Waals surface area contributed by atoms with Gasteiger partial charge in [0, 0.05) is 28.6 Å². The summed E-state index contributed by atoms with van der Waals surface area (Å²) in [4.78, 5) is 0. The summed E-state index contributed by atoms with van der Waals surface area (Å²) in [6, 6.07) is 35.1. The number of benzene rings is 3. The molecular weight excluding hydrogens is 464 g/mol. The number of aryl methyl sites for hydroxylation is 1. The number of aromatic nitrogens is 2. The van der Waals surface area contributed by atoms with E-state index in [4.69, 9.17) is 11.0 Å². The fraction of sp³-hybridized carbons (Fsp3) is 0.143. The average Bonchev–Trinajstić information content (AvgIpc) is 3.32. The van der Waals surface area contributed by atoms with Crippen molar-refractivity contribution in [3.8, 4) is 22.5 Å². The van der Waals surface area contributed by atoms with E-state index in [-0.39, 0.29) is 6.04 Å². The SMILES string of the molecule is C=C1C[n+]2cc3c(cc2-c2ccccc2CCC2c4ccccc4-c4cccc[n+]4C12)oc1ccccc13. The molecule has 2 atom stereocenters. The van der Waals surface area contributed by atoms with Crippen molar-refractivity contribution in [1.29, 1.82) is 0 Å². The van der Waals surface area contributed by atoms with Crippen LogP contribution in [-0.4, -0.2) is 0 Å². The van der Waals surface area contributed by atoms with Crippen LogP contribution >= 0.6 is 0 Å². The Labute approximate surface area is 221 Å². The Kier molecular flexibility index (Phi) is 4.69. The summed E-state index contributed by atoms with van der Waals surface area (Å²) in [6.07, 6.45) is 6.58. The molecule has 0 radical (unpaired) electrons. The van der Waals surface area contributed by atoms with Crippen LogP contribution in [0.3, 0.4) is 0 Å². The van der Waals surface area contributed by atoms with Gasteiger partial charge in [0.1, 0.15) is 11.2 Å². The summed E-state index contributed by atoms with van der Waals surface area (Å²) in [5.74, 6) is 0.354. The van der Waals surface area contributed by atoms with Gasteiger partial charge >= 0.3 is 0 Å². The van der Waals surface area contributed by atoms with Crippen LogP contribution in [0.4, 0.5) is 0 Å². The number of pyridine rings is 2. The quantitative estimate of drug-likeness (QED) is 0.161. The van der Waals surface area contributed by atoms with Crippen LogP contribution in [0.5, 0.6) is 0 Å². The molecule has 0 aliphatic carbocycles. The van der Waals surface area contributed by atoms with Gasteiger partial charge in [-0.25, -0.2) is 0 Å². The van der Waals surface area contributed by atoms with Gasteiger partial charge in [-0.15, -0.1) is 0 Å². The third-order valence-corrected chi connectivity index (χ3v) is 8.54. The number of furan rings is 1. The fourth-order valence-electron chi connectivity index (χ4n) is 6.87. The van der Waals surface area contributed by atoms with Crippen LogP contribution in [0.25, 0.3) is 44.5 Å². The summed E-state index contributed by atoms with van der Waals surface area (Å²) < 4.78 is 11.2. The second kappa shape index (κ2) is 8.26. The van der Waals surface area contributed by atoms with Crippen molar-refractivity contribution in [3.63, 3.8) is 0 Å². The molecule has 0 bridgehead atoms. The standard InChI is InChI=1S/C35H28N2O/c1-23-21-36-22-30-28-14-6-7-16-33(28)38-34(30)20-32(36)25-11-3-2-10-24(25)17-18-29-26-12-4-5-13-27(26)31-15-8-9-19-37(31)35(23)29/h2-16,19-20,22,29,35H,1,17-18,21H2/q+2. The zero-order chi connectivity index (χ0) is 25.2. The molecule has 2 unspecified atom stereocenters. The summed E-state index contributed by atoms with van der Waals surface area (Å²) >= 11 is 0. The van der Waals surface area contributed by atoms with Crippen LogP contribution in [-0.2, 0) is 13.0 Å². The lowest BCUT2D eigenvalue weighted by molar-refractivity contribution is -0.722. The first-order valence-electron chi connectivity index (χ1n) is 13.5. The van der Waals surface area contributed by atoms with Gasteiger partial charge in [-0.2, -0.15) is 9.13 Å². The number of rotatable bonds is 0. The lowest BCUT2D eigenvalue weighted by atomic mass is 9.76. The molecule has 0 fully saturated rings. The van der Waals surface area contributed by atoms with Crippen molar-refractivity contribution in [3.05, 3.63) is 133 Å². The minimum absolute atomic E-state index is 0.184. The number of allylic oxidation sites excluding steroid dienone is 1. The van der Waals surface area contributed by atoms with E-state index >= 15 is 0 Å². The highest BCUT2D eigenvalue weighted by atomic mass is 16.3. The fourth-order valence-corrected chi connectivity index (χ4v) is 6.87. The molecule has 2 aliphatic rings. The monoisotopic (exact) mass is 492 g/mol. The molecule has 182 valence electrons. The molecule has 6 aromatic rings. The highest BCUT2D eigenvalue weighted by molar-refractivity contribution is 6.04. The van der Waals surface area contributed by atoms with Crippen molar-refractivity contribution in [1.82, 2.24) is 0 Å². The molecule has 5 heterocycles. The zero-order valence-electron chi connectivity index (χ0n) is 21.2. The summed E-state index contributed by atoms with van der Waals surface area (Å²) in [6.45, 7) is 5.50. The van der Waals surface area contributed by atoms with E-state index in [1.807, 2.05) is 6.07 Å². The lowest BCUT2D eigenvalue weighted by Crippen LogP contribution is -2.51. The maximum absolute atomic E-state index is 6.32. The Morgan fingerprint density at radius 2 is 1.53 bits per heavy atom. The molecule has 3 heteroatoms. The minimum atomic E-state index is 0.184. The molecule has 0 N–H and O–H groups in total. The van der Waals surface area contributed by atoms with E-state index < -0.39 is 0 Å². The van der Waals surface area contributed by atoms with Crippen LogP contribution in [0.2, 0.25) is 0 Å². The van der Waals surface area contributed by atoms with Crippen LogP contribution in [0.1, 0.15) is 29.5 Å². The Morgan fingerprint density at radius 1 is 0.737 bits per heavy atom. The Hall–Kier alpha value is -4.50. The van der Waals surface area contributed by atoms with Crippen molar-refractivity contribution < 1.29 is 13.6 Å². The highest BCUT2D eigenvalue weighted by Crippen LogP contribution is 2.44. The number of para-hydroxylation sites is 1. The number of fused-ring (bicyclic) bond motifs is 12. The highest BCUT2D eigenvalue weighted by Gasteiger charge is 2.43. The van der Waals surface area contributed by atoms with Gasteiger partial charge in [0.05, 0.1) is 22.9 Å². The second-order valence-electron chi connectivity index (χ2n) is 10.6. The first-order valence-corrected chi connectivity index (χ1v) is 13.5. The van der Waals surface area contributed by atoms with Gasteiger partial charge in [-0.05, 0) is 48.2 Å². The summed E-state index contributed by atoms with van der Waals surface area (Å²) in [5, 5.41) is 2.29.